The molecule has 5 heteroatoms. The Hall–Kier alpha value is -2.58. The molecule has 4 aromatic carbocycles. The van der Waals surface area contributed by atoms with Gasteiger partial charge in [0.2, 0.25) is 0 Å². The first-order chi connectivity index (χ1) is 19.3. The van der Waals surface area contributed by atoms with Crippen molar-refractivity contribution in [2.45, 2.75) is 0 Å². The molecule has 2 aliphatic carbocycles. The minimum absolute atomic E-state index is 0.106. The van der Waals surface area contributed by atoms with Crippen molar-refractivity contribution in [1.29, 1.82) is 0 Å². The summed E-state index contributed by atoms with van der Waals surface area (Å²) in [5.74, 6) is 0. The normalized spacial score (nSPS) is 12.6. The summed E-state index contributed by atoms with van der Waals surface area (Å²) in [6.07, 6.45) is 17.4. The van der Waals surface area contributed by atoms with Crippen molar-refractivity contribution in [1.82, 2.24) is 0 Å². The number of benzene rings is 4. The van der Waals surface area contributed by atoms with Crippen molar-refractivity contribution in [2.24, 2.45) is 0 Å². The van der Waals surface area contributed by atoms with Gasteiger partial charge in [0.1, 0.15) is 0 Å². The van der Waals surface area contributed by atoms with Crippen molar-refractivity contribution >= 4 is 66.0 Å². The van der Waals surface area contributed by atoms with Gasteiger partial charge in [0.05, 0.1) is 0 Å². The number of rotatable bonds is 4. The number of hydrogen-bond acceptors (Lipinski definition) is 0. The van der Waals surface area contributed by atoms with Gasteiger partial charge in [-0.25, -0.2) is 0 Å². The van der Waals surface area contributed by atoms with Crippen molar-refractivity contribution in [3.05, 3.63) is 170 Å². The number of hydrogen-bond donors (Lipinski definition) is 0. The maximum atomic E-state index is 4.81. The second-order valence-electron chi connectivity index (χ2n) is 8.34. The minimum atomic E-state index is -0.409. The fourth-order valence-corrected chi connectivity index (χ4v) is 8.84. The monoisotopic (exact) mass is 674 g/mol. The van der Waals surface area contributed by atoms with E-state index >= 15 is 0 Å². The SMILES string of the molecule is C1=CC(=[P+](c2ccccc2)c2ccccc2)C=C1.C1=CC(=[P+](c2ccccc2)c2ccccc2)C=C1.[Cl][Pd][Cl]. The zero-order chi connectivity index (χ0) is 27.1. The van der Waals surface area contributed by atoms with E-state index in [2.05, 4.69) is 170 Å². The fourth-order valence-electron chi connectivity index (χ4n) is 4.23. The summed E-state index contributed by atoms with van der Waals surface area (Å²) in [5.41, 5.74) is 0. The van der Waals surface area contributed by atoms with Crippen LogP contribution in [0, 0.1) is 0 Å². The molecule has 4 aromatic rings. The Bertz CT molecular complexity index is 1280. The summed E-state index contributed by atoms with van der Waals surface area (Å²) in [6.45, 7) is 0. The Kier molecular flexibility index (Phi) is 12.4. The summed E-state index contributed by atoms with van der Waals surface area (Å²) in [6, 6.07) is 43.1. The van der Waals surface area contributed by atoms with Gasteiger partial charge in [0, 0.05) is 0 Å². The average Bonchev–Trinajstić information content (AvgIpc) is 3.72. The summed E-state index contributed by atoms with van der Waals surface area (Å²) in [5, 5.41) is 8.47. The van der Waals surface area contributed by atoms with Crippen LogP contribution in [0.2, 0.25) is 0 Å². The van der Waals surface area contributed by atoms with Crippen LogP contribution in [0.15, 0.2) is 170 Å². The molecule has 0 fully saturated rings. The molecule has 2 aliphatic rings. The van der Waals surface area contributed by atoms with Crippen molar-refractivity contribution < 1.29 is 15.9 Å². The molecule has 0 unspecified atom stereocenters. The molecule has 0 bridgehead atoms. The Morgan fingerprint density at radius 2 is 0.564 bits per heavy atom. The summed E-state index contributed by atoms with van der Waals surface area (Å²) in [4.78, 5) is 0. The van der Waals surface area contributed by atoms with E-state index in [-0.39, 0.29) is 15.9 Å². The molecule has 0 spiro atoms. The van der Waals surface area contributed by atoms with Gasteiger partial charge in [-0.1, -0.05) is 97.1 Å². The van der Waals surface area contributed by atoms with Crippen molar-refractivity contribution in [3.8, 4) is 0 Å². The molecule has 0 radical (unpaired) electrons. The second-order valence-corrected chi connectivity index (χ2v) is 15.1. The van der Waals surface area contributed by atoms with Gasteiger partial charge >= 0.3 is 35.0 Å². The molecule has 0 saturated carbocycles. The second kappa shape index (κ2) is 16.5. The van der Waals surface area contributed by atoms with Crippen LogP contribution in [-0.2, 0) is 15.9 Å². The molecular formula is C34H28Cl2P2Pd+2. The first kappa shape index (κ1) is 29.4. The van der Waals surface area contributed by atoms with Gasteiger partial charge < -0.3 is 0 Å². The van der Waals surface area contributed by atoms with Gasteiger partial charge in [0.25, 0.3) is 0 Å². The predicted molar refractivity (Wildman–Crippen MR) is 176 cm³/mol. The van der Waals surface area contributed by atoms with E-state index < -0.39 is 15.1 Å². The molecule has 0 nitrogen and oxygen atoms in total. The molecule has 39 heavy (non-hydrogen) atoms. The van der Waals surface area contributed by atoms with Gasteiger partial charge in [0.15, 0.2) is 46.9 Å². The fraction of sp³-hybridized carbons (Fsp3) is 0. The first-order valence-corrected chi connectivity index (χ1v) is 19.1. The van der Waals surface area contributed by atoms with E-state index in [1.807, 2.05) is 0 Å². The van der Waals surface area contributed by atoms with E-state index in [4.69, 9.17) is 19.1 Å². The van der Waals surface area contributed by atoms with Crippen molar-refractivity contribution in [3.63, 3.8) is 0 Å². The van der Waals surface area contributed by atoms with E-state index in [0.717, 1.165) is 0 Å². The van der Waals surface area contributed by atoms with Crippen LogP contribution in [0.5, 0.6) is 0 Å². The van der Waals surface area contributed by atoms with Gasteiger partial charge in [-0.2, -0.15) is 0 Å². The first-order valence-electron chi connectivity index (χ1n) is 12.4. The molecule has 0 saturated heterocycles. The predicted octanol–water partition coefficient (Wildman–Crippen LogP) is 8.21. The van der Waals surface area contributed by atoms with E-state index in [9.17, 15) is 0 Å². The molecule has 0 amide bonds. The Balaban J connectivity index is 0.000000165. The van der Waals surface area contributed by atoms with Crippen LogP contribution in [0.4, 0.5) is 0 Å². The topological polar surface area (TPSA) is 0 Å². The summed E-state index contributed by atoms with van der Waals surface area (Å²) in [7, 11) is 8.81. The molecular weight excluding hydrogens is 648 g/mol. The molecule has 0 heterocycles. The molecule has 0 aromatic heterocycles. The average molecular weight is 676 g/mol. The number of halogens is 2. The third-order valence-electron chi connectivity index (χ3n) is 5.86. The Morgan fingerprint density at radius 3 is 0.769 bits per heavy atom. The number of allylic oxidation sites excluding steroid dienone is 8. The van der Waals surface area contributed by atoms with E-state index in [1.165, 1.54) is 31.8 Å². The molecule has 0 atom stereocenters. The Labute approximate surface area is 250 Å². The standard InChI is InChI=1S/2C17H14P.2ClH.Pd/c2*1-3-9-15(10-4-1)18(17-13-7-8-14-17)16-11-5-2-6-12-16;;;/h2*1-14H;2*1H;/q2*+1;;;+2/p-2. The molecule has 6 rings (SSSR count). The molecule has 0 aliphatic heterocycles. The van der Waals surface area contributed by atoms with Crippen LogP contribution >= 0.6 is 34.1 Å². The van der Waals surface area contributed by atoms with Crippen LogP contribution in [-0.4, -0.2) is 10.6 Å². The third-order valence-corrected chi connectivity index (χ3v) is 10.8. The van der Waals surface area contributed by atoms with Crippen molar-refractivity contribution in [2.75, 3.05) is 0 Å². The van der Waals surface area contributed by atoms with Gasteiger partial charge in [-0.15, -0.1) is 0 Å². The summed E-state index contributed by atoms with van der Waals surface area (Å²) < 4.78 is 0. The van der Waals surface area contributed by atoms with Gasteiger partial charge in [-0.3, -0.25) is 0 Å². The summed E-state index contributed by atoms with van der Waals surface area (Å²) >= 11 is -0.106. The van der Waals surface area contributed by atoms with Gasteiger partial charge in [-0.05, 0) is 72.8 Å². The van der Waals surface area contributed by atoms with Crippen LogP contribution in [0.1, 0.15) is 0 Å². The molecule has 196 valence electrons. The van der Waals surface area contributed by atoms with E-state index in [1.54, 1.807) is 0 Å². The van der Waals surface area contributed by atoms with Crippen LogP contribution < -0.4 is 21.2 Å². The quantitative estimate of drug-likeness (QED) is 0.151. The van der Waals surface area contributed by atoms with E-state index in [0.29, 0.717) is 0 Å². The third kappa shape index (κ3) is 8.70. The van der Waals surface area contributed by atoms with Crippen LogP contribution in [0.3, 0.4) is 0 Å². The maximum absolute atomic E-state index is 4.81. The zero-order valence-corrected chi connectivity index (χ0v) is 26.0. The molecule has 0 N–H and O–H groups in total. The van der Waals surface area contributed by atoms with Crippen LogP contribution in [0.25, 0.3) is 0 Å². The Morgan fingerprint density at radius 1 is 0.359 bits per heavy atom. The zero-order valence-electron chi connectivity index (χ0n) is 21.1.